The minimum absolute atomic E-state index is 0.131. The molecule has 1 N–H and O–H groups in total. The molecule has 2 fully saturated rings. The number of nitrogens with zero attached hydrogens (tertiary/aromatic N) is 1. The van der Waals surface area contributed by atoms with Crippen molar-refractivity contribution in [2.45, 2.75) is 49.7 Å². The fourth-order valence-electron chi connectivity index (χ4n) is 4.45. The summed E-state index contributed by atoms with van der Waals surface area (Å²) >= 11 is 0. The molecule has 0 aromatic heterocycles. The molecule has 1 saturated carbocycles. The zero-order valence-corrected chi connectivity index (χ0v) is 13.8. The van der Waals surface area contributed by atoms with Crippen LogP contribution < -0.4 is 9.47 Å². The van der Waals surface area contributed by atoms with Crippen LogP contribution in [0.4, 0.5) is 0 Å². The third kappa shape index (κ3) is 2.48. The van der Waals surface area contributed by atoms with Crippen LogP contribution >= 0.6 is 0 Å². The molecule has 1 aromatic carbocycles. The Kier molecular flexibility index (Phi) is 4.33. The van der Waals surface area contributed by atoms with Crippen molar-refractivity contribution in [1.82, 2.24) is 4.90 Å². The molecule has 4 heteroatoms. The van der Waals surface area contributed by atoms with Crippen molar-refractivity contribution in [1.29, 1.82) is 0 Å². The summed E-state index contributed by atoms with van der Waals surface area (Å²) in [5.74, 6) is 1.58. The average molecular weight is 305 g/mol. The summed E-state index contributed by atoms with van der Waals surface area (Å²) < 4.78 is 10.9. The molecule has 0 radical (unpaired) electrons. The van der Waals surface area contributed by atoms with Crippen LogP contribution in [0.5, 0.6) is 11.5 Å². The molecule has 0 unspecified atom stereocenters. The molecule has 0 amide bonds. The van der Waals surface area contributed by atoms with E-state index >= 15 is 0 Å². The van der Waals surface area contributed by atoms with Crippen molar-refractivity contribution < 1.29 is 14.6 Å². The van der Waals surface area contributed by atoms with Crippen LogP contribution in [0.2, 0.25) is 0 Å². The summed E-state index contributed by atoms with van der Waals surface area (Å²) in [6.45, 7) is 1.12. The molecule has 1 aromatic rings. The van der Waals surface area contributed by atoms with Gasteiger partial charge in [0, 0.05) is 11.5 Å². The summed E-state index contributed by atoms with van der Waals surface area (Å²) in [6, 6.07) is 6.84. The van der Waals surface area contributed by atoms with Crippen LogP contribution in [0, 0.1) is 0 Å². The number of aliphatic hydroxyl groups is 1. The van der Waals surface area contributed by atoms with Gasteiger partial charge in [-0.1, -0.05) is 6.07 Å². The van der Waals surface area contributed by atoms with Gasteiger partial charge >= 0.3 is 0 Å². The average Bonchev–Trinajstić information content (AvgIpc) is 2.76. The number of methoxy groups -OCH3 is 2. The smallest absolute Gasteiger partial charge is 0.161 e. The number of likely N-dealkylation sites (N-methyl/N-ethyl adjacent to an activating group) is 1. The Morgan fingerprint density at radius 1 is 1.09 bits per heavy atom. The third-order valence-corrected chi connectivity index (χ3v) is 5.74. The standard InChI is InChI=1S/C18H27NO3/c1-19-11-10-18(9-8-14(20)5-7-17(18)19)13-4-6-15(21-2)16(12-13)22-3/h4,6,12,14,17,20H,5,7-11H2,1-3H3/t14-,17-,18-/m0/s1. The molecule has 122 valence electrons. The van der Waals surface area contributed by atoms with E-state index in [1.165, 1.54) is 5.56 Å². The molecule has 22 heavy (non-hydrogen) atoms. The van der Waals surface area contributed by atoms with E-state index in [4.69, 9.17) is 9.47 Å². The lowest BCUT2D eigenvalue weighted by molar-refractivity contribution is 0.151. The van der Waals surface area contributed by atoms with Gasteiger partial charge in [-0.2, -0.15) is 0 Å². The Bertz CT molecular complexity index is 533. The fourth-order valence-corrected chi connectivity index (χ4v) is 4.45. The zero-order chi connectivity index (χ0) is 15.7. The van der Waals surface area contributed by atoms with Gasteiger partial charge in [-0.3, -0.25) is 0 Å². The number of aliphatic hydroxyl groups excluding tert-OH is 1. The van der Waals surface area contributed by atoms with E-state index in [0.717, 1.165) is 50.1 Å². The highest BCUT2D eigenvalue weighted by Gasteiger charge is 2.48. The first kappa shape index (κ1) is 15.6. The molecule has 1 saturated heterocycles. The van der Waals surface area contributed by atoms with E-state index in [1.807, 2.05) is 6.07 Å². The van der Waals surface area contributed by atoms with Crippen molar-refractivity contribution in [2.24, 2.45) is 0 Å². The van der Waals surface area contributed by atoms with E-state index in [1.54, 1.807) is 14.2 Å². The second kappa shape index (κ2) is 6.09. The Morgan fingerprint density at radius 3 is 2.59 bits per heavy atom. The van der Waals surface area contributed by atoms with E-state index in [2.05, 4.69) is 24.1 Å². The molecule has 1 heterocycles. The van der Waals surface area contributed by atoms with Crippen molar-refractivity contribution in [3.8, 4) is 11.5 Å². The lowest BCUT2D eigenvalue weighted by atomic mass is 9.71. The zero-order valence-electron chi connectivity index (χ0n) is 13.8. The van der Waals surface area contributed by atoms with Gasteiger partial charge in [-0.05, 0) is 63.4 Å². The Hall–Kier alpha value is -1.26. The van der Waals surface area contributed by atoms with Crippen molar-refractivity contribution in [3.63, 3.8) is 0 Å². The van der Waals surface area contributed by atoms with E-state index < -0.39 is 0 Å². The van der Waals surface area contributed by atoms with Crippen LogP contribution in [0.1, 0.15) is 37.7 Å². The van der Waals surface area contributed by atoms with Crippen molar-refractivity contribution >= 4 is 0 Å². The quantitative estimate of drug-likeness (QED) is 0.932. The monoisotopic (exact) mass is 305 g/mol. The first-order valence-corrected chi connectivity index (χ1v) is 8.21. The molecule has 2 aliphatic rings. The maximum absolute atomic E-state index is 10.1. The highest BCUT2D eigenvalue weighted by atomic mass is 16.5. The predicted octanol–water partition coefficient (Wildman–Crippen LogP) is 2.58. The van der Waals surface area contributed by atoms with Gasteiger partial charge in [-0.15, -0.1) is 0 Å². The second-order valence-electron chi connectivity index (χ2n) is 6.74. The Balaban J connectivity index is 2.02. The molecule has 3 rings (SSSR count). The first-order valence-electron chi connectivity index (χ1n) is 8.21. The van der Waals surface area contributed by atoms with Gasteiger partial charge in [0.05, 0.1) is 20.3 Å². The summed E-state index contributed by atoms with van der Waals surface area (Å²) in [5.41, 5.74) is 1.46. The number of hydrogen-bond donors (Lipinski definition) is 1. The normalized spacial score (nSPS) is 32.4. The van der Waals surface area contributed by atoms with Gasteiger partial charge in [0.15, 0.2) is 11.5 Å². The molecular weight excluding hydrogens is 278 g/mol. The molecular formula is C18H27NO3. The molecule has 3 atom stereocenters. The van der Waals surface area contributed by atoms with Gasteiger partial charge in [0.2, 0.25) is 0 Å². The molecule has 0 bridgehead atoms. The van der Waals surface area contributed by atoms with E-state index in [9.17, 15) is 5.11 Å². The molecule has 1 aliphatic heterocycles. The predicted molar refractivity (Wildman–Crippen MR) is 86.7 cm³/mol. The number of rotatable bonds is 3. The van der Waals surface area contributed by atoms with Gasteiger partial charge in [0.25, 0.3) is 0 Å². The largest absolute Gasteiger partial charge is 0.493 e. The first-order chi connectivity index (χ1) is 10.6. The number of fused-ring (bicyclic) bond motifs is 1. The van der Waals surface area contributed by atoms with Gasteiger partial charge in [-0.25, -0.2) is 0 Å². The maximum atomic E-state index is 10.1. The summed E-state index contributed by atoms with van der Waals surface area (Å²) in [4.78, 5) is 2.47. The minimum Gasteiger partial charge on any atom is -0.493 e. The molecule has 0 spiro atoms. The fraction of sp³-hybridized carbons (Fsp3) is 0.667. The molecule has 4 nitrogen and oxygen atoms in total. The van der Waals surface area contributed by atoms with E-state index in [0.29, 0.717) is 6.04 Å². The summed E-state index contributed by atoms with van der Waals surface area (Å²) in [5, 5.41) is 10.1. The van der Waals surface area contributed by atoms with Gasteiger partial charge < -0.3 is 19.5 Å². The lowest BCUT2D eigenvalue weighted by Gasteiger charge is -2.37. The van der Waals surface area contributed by atoms with Crippen molar-refractivity contribution in [2.75, 3.05) is 27.8 Å². The van der Waals surface area contributed by atoms with E-state index in [-0.39, 0.29) is 11.5 Å². The third-order valence-electron chi connectivity index (χ3n) is 5.74. The SMILES string of the molecule is COc1ccc([C@@]23CC[C@@H](O)CC[C@@H]2N(C)CC3)cc1OC. The number of hydrogen-bond acceptors (Lipinski definition) is 4. The summed E-state index contributed by atoms with van der Waals surface area (Å²) in [7, 11) is 5.57. The van der Waals surface area contributed by atoms with Crippen molar-refractivity contribution in [3.05, 3.63) is 23.8 Å². The Morgan fingerprint density at radius 2 is 1.86 bits per heavy atom. The number of ether oxygens (including phenoxy) is 2. The number of benzene rings is 1. The molecule has 1 aliphatic carbocycles. The van der Waals surface area contributed by atoms with Crippen LogP contribution in [0.25, 0.3) is 0 Å². The van der Waals surface area contributed by atoms with Crippen LogP contribution in [-0.2, 0) is 5.41 Å². The minimum atomic E-state index is -0.156. The highest BCUT2D eigenvalue weighted by molar-refractivity contribution is 5.46. The number of likely N-dealkylation sites (tertiary alicyclic amines) is 1. The van der Waals surface area contributed by atoms with Crippen LogP contribution in [0.3, 0.4) is 0 Å². The summed E-state index contributed by atoms with van der Waals surface area (Å²) in [6.07, 6.45) is 4.89. The van der Waals surface area contributed by atoms with Crippen LogP contribution in [0.15, 0.2) is 18.2 Å². The topological polar surface area (TPSA) is 41.9 Å². The maximum Gasteiger partial charge on any atom is 0.161 e. The highest BCUT2D eigenvalue weighted by Crippen LogP contribution is 2.48. The second-order valence-corrected chi connectivity index (χ2v) is 6.74. The Labute approximate surface area is 133 Å². The van der Waals surface area contributed by atoms with Gasteiger partial charge in [0.1, 0.15) is 0 Å². The lowest BCUT2D eigenvalue weighted by Crippen LogP contribution is -2.40. The van der Waals surface area contributed by atoms with Crippen LogP contribution in [-0.4, -0.2) is 50.0 Å².